The Kier molecular flexibility index (Phi) is 4.75. The lowest BCUT2D eigenvalue weighted by molar-refractivity contribution is 0.102. The number of hydrogen-bond acceptors (Lipinski definition) is 4. The highest BCUT2D eigenvalue weighted by molar-refractivity contribution is 6.09. The van der Waals surface area contributed by atoms with Crippen molar-refractivity contribution in [3.05, 3.63) is 94.3 Å². The first-order valence-electron chi connectivity index (χ1n) is 9.02. The number of nitrogens with one attached hydrogen (secondary N) is 2. The zero-order valence-electron chi connectivity index (χ0n) is 15.6. The van der Waals surface area contributed by atoms with Gasteiger partial charge in [0.2, 0.25) is 0 Å². The zero-order valence-corrected chi connectivity index (χ0v) is 15.6. The molecule has 3 N–H and O–H groups in total. The molecule has 6 nitrogen and oxygen atoms in total. The molecule has 4 rings (SSSR count). The first-order chi connectivity index (χ1) is 14.0. The number of anilines is 1. The van der Waals surface area contributed by atoms with Crippen molar-refractivity contribution >= 4 is 22.5 Å². The molecule has 29 heavy (non-hydrogen) atoms. The van der Waals surface area contributed by atoms with Crippen LogP contribution < -0.4 is 15.6 Å². The lowest BCUT2D eigenvalue weighted by atomic mass is 10.1. The SMILES string of the molecule is Cc1ccc2[nH]c(=O)c(C(=O)Nc3ccccc3Oc3ccccc3)c(O)c2c1. The number of ether oxygens (including phenoxy) is 1. The van der Waals surface area contributed by atoms with E-state index in [0.29, 0.717) is 28.1 Å². The number of hydrogen-bond donors (Lipinski definition) is 3. The van der Waals surface area contributed by atoms with Gasteiger partial charge < -0.3 is 20.1 Å². The van der Waals surface area contributed by atoms with Gasteiger partial charge in [-0.3, -0.25) is 9.59 Å². The largest absolute Gasteiger partial charge is 0.506 e. The Hall–Kier alpha value is -4.06. The third-order valence-corrected chi connectivity index (χ3v) is 4.48. The van der Waals surface area contributed by atoms with Crippen LogP contribution in [0.4, 0.5) is 5.69 Å². The average molecular weight is 386 g/mol. The Morgan fingerprint density at radius 2 is 1.72 bits per heavy atom. The second-order valence-corrected chi connectivity index (χ2v) is 6.59. The van der Waals surface area contributed by atoms with Crippen molar-refractivity contribution in [2.75, 3.05) is 5.32 Å². The fraction of sp³-hybridized carbons (Fsp3) is 0.0435. The Morgan fingerprint density at radius 1 is 1.00 bits per heavy atom. The van der Waals surface area contributed by atoms with Gasteiger partial charge in [-0.1, -0.05) is 42.0 Å². The van der Waals surface area contributed by atoms with E-state index < -0.39 is 11.5 Å². The van der Waals surface area contributed by atoms with E-state index in [4.69, 9.17) is 4.74 Å². The van der Waals surface area contributed by atoms with Crippen molar-refractivity contribution in [3.63, 3.8) is 0 Å². The highest BCUT2D eigenvalue weighted by atomic mass is 16.5. The molecule has 4 aromatic rings. The Labute approximate surface area is 166 Å². The molecular formula is C23H18N2O4. The molecule has 0 fully saturated rings. The van der Waals surface area contributed by atoms with Crippen molar-refractivity contribution in [2.24, 2.45) is 0 Å². The fourth-order valence-corrected chi connectivity index (χ4v) is 3.06. The third kappa shape index (κ3) is 3.68. The number of aryl methyl sites for hydroxylation is 1. The van der Waals surface area contributed by atoms with Crippen LogP contribution in [0.5, 0.6) is 17.2 Å². The Balaban J connectivity index is 1.70. The number of aromatic hydroxyl groups is 1. The molecule has 0 aliphatic rings. The second kappa shape index (κ2) is 7.52. The number of pyridine rings is 1. The van der Waals surface area contributed by atoms with Gasteiger partial charge >= 0.3 is 0 Å². The number of carbonyl (C=O) groups is 1. The Bertz CT molecular complexity index is 1260. The molecule has 0 bridgehead atoms. The van der Waals surface area contributed by atoms with Crippen molar-refractivity contribution in [1.29, 1.82) is 0 Å². The highest BCUT2D eigenvalue weighted by Crippen LogP contribution is 2.31. The minimum absolute atomic E-state index is 0.349. The van der Waals surface area contributed by atoms with E-state index in [2.05, 4.69) is 10.3 Å². The van der Waals surface area contributed by atoms with Crippen LogP contribution >= 0.6 is 0 Å². The van der Waals surface area contributed by atoms with E-state index in [1.807, 2.05) is 31.2 Å². The van der Waals surface area contributed by atoms with Crippen molar-refractivity contribution in [2.45, 2.75) is 6.92 Å². The monoisotopic (exact) mass is 386 g/mol. The molecule has 0 radical (unpaired) electrons. The highest BCUT2D eigenvalue weighted by Gasteiger charge is 2.20. The lowest BCUT2D eigenvalue weighted by Crippen LogP contribution is -2.23. The molecule has 0 atom stereocenters. The zero-order chi connectivity index (χ0) is 20.4. The Morgan fingerprint density at radius 3 is 2.52 bits per heavy atom. The summed E-state index contributed by atoms with van der Waals surface area (Å²) in [6.07, 6.45) is 0. The van der Waals surface area contributed by atoms with E-state index >= 15 is 0 Å². The van der Waals surface area contributed by atoms with Crippen LogP contribution in [0, 0.1) is 6.92 Å². The molecule has 0 saturated heterocycles. The standard InChI is InChI=1S/C23H18N2O4/c1-14-11-12-17-16(13-14)21(26)20(22(27)24-17)23(28)25-18-9-5-6-10-19(18)29-15-7-3-2-4-8-15/h2-13H,1H3,(H,25,28)(H2,24,26,27). The third-order valence-electron chi connectivity index (χ3n) is 4.48. The summed E-state index contributed by atoms with van der Waals surface area (Å²) in [5.41, 5.74) is 0.718. The predicted octanol–water partition coefficient (Wildman–Crippen LogP) is 4.59. The maximum Gasteiger partial charge on any atom is 0.265 e. The van der Waals surface area contributed by atoms with Gasteiger partial charge in [0.25, 0.3) is 11.5 Å². The summed E-state index contributed by atoms with van der Waals surface area (Å²) < 4.78 is 5.83. The summed E-state index contributed by atoms with van der Waals surface area (Å²) in [6, 6.07) is 21.2. The number of carbonyl (C=O) groups excluding carboxylic acids is 1. The summed E-state index contributed by atoms with van der Waals surface area (Å²) >= 11 is 0. The summed E-state index contributed by atoms with van der Waals surface area (Å²) in [4.78, 5) is 27.9. The molecular weight excluding hydrogens is 368 g/mol. The summed E-state index contributed by atoms with van der Waals surface area (Å²) in [6.45, 7) is 1.86. The number of aromatic nitrogens is 1. The van der Waals surface area contributed by atoms with Crippen LogP contribution in [-0.2, 0) is 0 Å². The summed E-state index contributed by atoms with van der Waals surface area (Å²) in [7, 11) is 0. The normalized spacial score (nSPS) is 10.7. The average Bonchev–Trinajstić information content (AvgIpc) is 2.71. The predicted molar refractivity (Wildman–Crippen MR) is 112 cm³/mol. The van der Waals surface area contributed by atoms with Gasteiger partial charge in [0, 0.05) is 5.39 Å². The second-order valence-electron chi connectivity index (χ2n) is 6.59. The van der Waals surface area contributed by atoms with Crippen LogP contribution in [0.2, 0.25) is 0 Å². The molecule has 0 saturated carbocycles. The summed E-state index contributed by atoms with van der Waals surface area (Å²) in [5.74, 6) is -0.0571. The van der Waals surface area contributed by atoms with Crippen LogP contribution in [0.15, 0.2) is 77.6 Å². The van der Waals surface area contributed by atoms with E-state index in [1.54, 1.807) is 48.5 Å². The quantitative estimate of drug-likeness (QED) is 0.478. The van der Waals surface area contributed by atoms with Gasteiger partial charge in [-0.15, -0.1) is 0 Å². The maximum atomic E-state index is 12.8. The smallest absolute Gasteiger partial charge is 0.265 e. The molecule has 144 valence electrons. The van der Waals surface area contributed by atoms with Gasteiger partial charge in [0.1, 0.15) is 17.1 Å². The first kappa shape index (κ1) is 18.3. The number of rotatable bonds is 4. The van der Waals surface area contributed by atoms with Gasteiger partial charge in [0.05, 0.1) is 11.2 Å². The molecule has 0 aliphatic heterocycles. The molecule has 1 amide bonds. The number of H-pyrrole nitrogens is 1. The number of para-hydroxylation sites is 3. The molecule has 0 aliphatic carbocycles. The topological polar surface area (TPSA) is 91.4 Å². The fourth-order valence-electron chi connectivity index (χ4n) is 3.06. The minimum Gasteiger partial charge on any atom is -0.506 e. The van der Waals surface area contributed by atoms with Gasteiger partial charge in [0.15, 0.2) is 5.75 Å². The molecule has 1 heterocycles. The van der Waals surface area contributed by atoms with E-state index in [9.17, 15) is 14.7 Å². The molecule has 6 heteroatoms. The van der Waals surface area contributed by atoms with Crippen molar-refractivity contribution in [1.82, 2.24) is 4.98 Å². The van der Waals surface area contributed by atoms with E-state index in [0.717, 1.165) is 5.56 Å². The van der Waals surface area contributed by atoms with Crippen LogP contribution in [-0.4, -0.2) is 16.0 Å². The van der Waals surface area contributed by atoms with E-state index in [1.165, 1.54) is 0 Å². The van der Waals surface area contributed by atoms with Crippen molar-refractivity contribution < 1.29 is 14.6 Å². The first-order valence-corrected chi connectivity index (χ1v) is 9.02. The summed E-state index contributed by atoms with van der Waals surface area (Å²) in [5, 5.41) is 13.7. The maximum absolute atomic E-state index is 12.8. The van der Waals surface area contributed by atoms with Crippen LogP contribution in [0.25, 0.3) is 10.9 Å². The van der Waals surface area contributed by atoms with Crippen LogP contribution in [0.1, 0.15) is 15.9 Å². The lowest BCUT2D eigenvalue weighted by Gasteiger charge is -2.13. The molecule has 0 spiro atoms. The molecule has 0 unspecified atom stereocenters. The van der Waals surface area contributed by atoms with Crippen LogP contribution in [0.3, 0.4) is 0 Å². The van der Waals surface area contributed by atoms with Gasteiger partial charge in [-0.25, -0.2) is 0 Å². The molecule has 3 aromatic carbocycles. The number of fused-ring (bicyclic) bond motifs is 1. The number of aromatic amines is 1. The van der Waals surface area contributed by atoms with Gasteiger partial charge in [-0.05, 0) is 43.3 Å². The van der Waals surface area contributed by atoms with Gasteiger partial charge in [-0.2, -0.15) is 0 Å². The minimum atomic E-state index is -0.726. The molecule has 1 aromatic heterocycles. The van der Waals surface area contributed by atoms with Crippen molar-refractivity contribution in [3.8, 4) is 17.2 Å². The number of amides is 1. The van der Waals surface area contributed by atoms with E-state index in [-0.39, 0.29) is 11.3 Å². The number of benzene rings is 3.